The van der Waals surface area contributed by atoms with Crippen molar-refractivity contribution in [2.24, 2.45) is 5.92 Å². The summed E-state index contributed by atoms with van der Waals surface area (Å²) >= 11 is 1.64. The number of rotatable bonds is 2. The molecule has 0 radical (unpaired) electrons. The van der Waals surface area contributed by atoms with E-state index >= 15 is 0 Å². The summed E-state index contributed by atoms with van der Waals surface area (Å²) in [5.41, 5.74) is 1.07. The second-order valence-corrected chi connectivity index (χ2v) is 4.23. The zero-order chi connectivity index (χ0) is 9.10. The molecule has 0 amide bonds. The molecule has 2 heterocycles. The highest BCUT2D eigenvalue weighted by atomic mass is 32.1. The van der Waals surface area contributed by atoms with Crippen molar-refractivity contribution in [2.75, 3.05) is 13.2 Å². The van der Waals surface area contributed by atoms with Crippen LogP contribution in [0.4, 0.5) is 0 Å². The van der Waals surface area contributed by atoms with Crippen LogP contribution < -0.4 is 0 Å². The first kappa shape index (κ1) is 9.19. The van der Waals surface area contributed by atoms with Crippen LogP contribution in [0.25, 0.3) is 0 Å². The van der Waals surface area contributed by atoms with E-state index in [0.29, 0.717) is 5.92 Å². The zero-order valence-corrected chi connectivity index (χ0v) is 8.30. The fourth-order valence-electron chi connectivity index (χ4n) is 1.75. The van der Waals surface area contributed by atoms with Gasteiger partial charge in [0.15, 0.2) is 0 Å². The fraction of sp³-hybridized carbons (Fsp3) is 0.600. The summed E-state index contributed by atoms with van der Waals surface area (Å²) in [7, 11) is 0. The Kier molecular flexibility index (Phi) is 2.98. The summed E-state index contributed by atoms with van der Waals surface area (Å²) in [5, 5.41) is 14.0. The summed E-state index contributed by atoms with van der Waals surface area (Å²) in [5.74, 6) is 0.392. The summed E-state index contributed by atoms with van der Waals surface area (Å²) < 4.78 is 5.26. The molecule has 1 atom stereocenters. The van der Waals surface area contributed by atoms with Crippen molar-refractivity contribution in [1.82, 2.24) is 0 Å². The van der Waals surface area contributed by atoms with Gasteiger partial charge in [-0.05, 0) is 41.1 Å². The molecular weight excluding hydrogens is 184 g/mol. The Bertz CT molecular complexity index is 239. The molecule has 2 rings (SSSR count). The van der Waals surface area contributed by atoms with E-state index in [9.17, 15) is 5.11 Å². The van der Waals surface area contributed by atoms with Gasteiger partial charge in [0.2, 0.25) is 0 Å². The highest BCUT2D eigenvalue weighted by molar-refractivity contribution is 7.07. The Morgan fingerprint density at radius 1 is 1.46 bits per heavy atom. The molecule has 1 aliphatic heterocycles. The minimum atomic E-state index is -0.282. The average molecular weight is 198 g/mol. The van der Waals surface area contributed by atoms with Crippen molar-refractivity contribution < 1.29 is 9.84 Å². The molecule has 0 aliphatic carbocycles. The minimum absolute atomic E-state index is 0.282. The van der Waals surface area contributed by atoms with E-state index < -0.39 is 0 Å². The molecule has 1 saturated heterocycles. The molecule has 1 aliphatic rings. The minimum Gasteiger partial charge on any atom is -0.388 e. The first-order chi connectivity index (χ1) is 6.38. The Balaban J connectivity index is 1.99. The SMILES string of the molecule is O[C@@H](c1ccsc1)C1CCOCC1. The van der Waals surface area contributed by atoms with Crippen molar-refractivity contribution in [2.45, 2.75) is 18.9 Å². The van der Waals surface area contributed by atoms with Crippen molar-refractivity contribution >= 4 is 11.3 Å². The van der Waals surface area contributed by atoms with E-state index in [-0.39, 0.29) is 6.10 Å². The third-order valence-corrected chi connectivity index (χ3v) is 3.30. The van der Waals surface area contributed by atoms with Crippen LogP contribution in [-0.2, 0) is 4.74 Å². The lowest BCUT2D eigenvalue weighted by molar-refractivity contribution is 0.00734. The van der Waals surface area contributed by atoms with Crippen LogP contribution in [0.15, 0.2) is 16.8 Å². The molecule has 1 aromatic rings. The smallest absolute Gasteiger partial charge is 0.0827 e. The van der Waals surface area contributed by atoms with Crippen LogP contribution in [0.5, 0.6) is 0 Å². The van der Waals surface area contributed by atoms with Gasteiger partial charge in [-0.25, -0.2) is 0 Å². The molecule has 1 aromatic heterocycles. The third kappa shape index (κ3) is 2.10. The summed E-state index contributed by atoms with van der Waals surface area (Å²) in [4.78, 5) is 0. The number of aliphatic hydroxyl groups is 1. The summed E-state index contributed by atoms with van der Waals surface area (Å²) in [6.45, 7) is 1.59. The van der Waals surface area contributed by atoms with E-state index in [2.05, 4.69) is 0 Å². The van der Waals surface area contributed by atoms with E-state index in [1.807, 2.05) is 16.8 Å². The normalized spacial score (nSPS) is 21.6. The summed E-state index contributed by atoms with van der Waals surface area (Å²) in [6.07, 6.45) is 1.68. The van der Waals surface area contributed by atoms with Gasteiger partial charge in [-0.1, -0.05) is 0 Å². The Morgan fingerprint density at radius 3 is 2.85 bits per heavy atom. The molecule has 0 spiro atoms. The molecule has 0 aromatic carbocycles. The molecule has 1 N–H and O–H groups in total. The van der Waals surface area contributed by atoms with Gasteiger partial charge < -0.3 is 9.84 Å². The van der Waals surface area contributed by atoms with Crippen molar-refractivity contribution in [3.05, 3.63) is 22.4 Å². The van der Waals surface area contributed by atoms with E-state index in [0.717, 1.165) is 31.6 Å². The summed E-state index contributed by atoms with van der Waals surface area (Å²) in [6, 6.07) is 2.00. The third-order valence-electron chi connectivity index (χ3n) is 2.60. The van der Waals surface area contributed by atoms with Crippen LogP contribution >= 0.6 is 11.3 Å². The molecule has 13 heavy (non-hydrogen) atoms. The highest BCUT2D eigenvalue weighted by Gasteiger charge is 2.23. The van der Waals surface area contributed by atoms with Crippen LogP contribution in [0.2, 0.25) is 0 Å². The van der Waals surface area contributed by atoms with Crippen LogP contribution in [0, 0.1) is 5.92 Å². The number of thiophene rings is 1. The van der Waals surface area contributed by atoms with E-state index in [1.165, 1.54) is 0 Å². The fourth-order valence-corrected chi connectivity index (χ4v) is 2.44. The predicted octanol–water partition coefficient (Wildman–Crippen LogP) is 2.21. The topological polar surface area (TPSA) is 29.5 Å². The molecule has 1 fully saturated rings. The van der Waals surface area contributed by atoms with Gasteiger partial charge in [0, 0.05) is 13.2 Å². The Labute approximate surface area is 82.2 Å². The Hall–Kier alpha value is -0.380. The number of aliphatic hydroxyl groups excluding tert-OH is 1. The molecule has 0 saturated carbocycles. The number of hydrogen-bond acceptors (Lipinski definition) is 3. The molecule has 72 valence electrons. The lowest BCUT2D eigenvalue weighted by atomic mass is 9.91. The van der Waals surface area contributed by atoms with E-state index in [4.69, 9.17) is 4.74 Å². The van der Waals surface area contributed by atoms with Crippen LogP contribution in [0.1, 0.15) is 24.5 Å². The second-order valence-electron chi connectivity index (χ2n) is 3.45. The maximum atomic E-state index is 9.99. The van der Waals surface area contributed by atoms with Gasteiger partial charge in [0.05, 0.1) is 6.10 Å². The maximum absolute atomic E-state index is 9.99. The Morgan fingerprint density at radius 2 is 2.23 bits per heavy atom. The zero-order valence-electron chi connectivity index (χ0n) is 7.48. The van der Waals surface area contributed by atoms with Crippen molar-refractivity contribution in [3.8, 4) is 0 Å². The standard InChI is InChI=1S/C10H14O2S/c11-10(9-3-6-13-7-9)8-1-4-12-5-2-8/h3,6-8,10-11H,1-2,4-5H2/t10-/m1/s1. The lowest BCUT2D eigenvalue weighted by Crippen LogP contribution is -2.21. The first-order valence-corrected chi connectivity index (χ1v) is 5.60. The molecule has 0 unspecified atom stereocenters. The largest absolute Gasteiger partial charge is 0.388 e. The van der Waals surface area contributed by atoms with Gasteiger partial charge in [0.25, 0.3) is 0 Å². The first-order valence-electron chi connectivity index (χ1n) is 4.66. The van der Waals surface area contributed by atoms with Crippen LogP contribution in [0.3, 0.4) is 0 Å². The van der Waals surface area contributed by atoms with E-state index in [1.54, 1.807) is 11.3 Å². The number of hydrogen-bond donors (Lipinski definition) is 1. The monoisotopic (exact) mass is 198 g/mol. The van der Waals surface area contributed by atoms with Crippen LogP contribution in [-0.4, -0.2) is 18.3 Å². The van der Waals surface area contributed by atoms with Gasteiger partial charge in [-0.15, -0.1) is 0 Å². The highest BCUT2D eigenvalue weighted by Crippen LogP contribution is 2.30. The van der Waals surface area contributed by atoms with Gasteiger partial charge in [-0.2, -0.15) is 11.3 Å². The van der Waals surface area contributed by atoms with Gasteiger partial charge in [0.1, 0.15) is 0 Å². The number of ether oxygens (including phenoxy) is 1. The maximum Gasteiger partial charge on any atom is 0.0827 e. The van der Waals surface area contributed by atoms with Gasteiger partial charge in [-0.3, -0.25) is 0 Å². The van der Waals surface area contributed by atoms with Crippen molar-refractivity contribution in [3.63, 3.8) is 0 Å². The second kappa shape index (κ2) is 4.22. The molecular formula is C10H14O2S. The molecule has 2 nitrogen and oxygen atoms in total. The quantitative estimate of drug-likeness (QED) is 0.789. The van der Waals surface area contributed by atoms with Gasteiger partial charge >= 0.3 is 0 Å². The predicted molar refractivity (Wildman–Crippen MR) is 52.8 cm³/mol. The average Bonchev–Trinajstić information content (AvgIpc) is 2.71. The lowest BCUT2D eigenvalue weighted by Gasteiger charge is -2.26. The molecule has 0 bridgehead atoms. The molecule has 3 heteroatoms. The van der Waals surface area contributed by atoms with Crippen molar-refractivity contribution in [1.29, 1.82) is 0 Å².